The van der Waals surface area contributed by atoms with Crippen molar-refractivity contribution in [2.75, 3.05) is 5.75 Å². The number of hydrogen-bond donors (Lipinski definition) is 1. The van der Waals surface area contributed by atoms with Gasteiger partial charge in [0, 0.05) is 13.0 Å². The second kappa shape index (κ2) is 6.52. The molecule has 6 heteroatoms. The van der Waals surface area contributed by atoms with E-state index in [1.807, 2.05) is 11.5 Å². The molecule has 0 aliphatic carbocycles. The molecule has 0 saturated heterocycles. The van der Waals surface area contributed by atoms with E-state index in [2.05, 4.69) is 17.1 Å². The van der Waals surface area contributed by atoms with Crippen molar-refractivity contribution in [2.45, 2.75) is 44.8 Å². The molecule has 0 unspecified atom stereocenters. The molecule has 0 aromatic carbocycles. The van der Waals surface area contributed by atoms with Crippen LogP contribution in [0, 0.1) is 0 Å². The molecule has 1 rings (SSSR count). The number of aliphatic carboxylic acids is 1. The van der Waals surface area contributed by atoms with Gasteiger partial charge in [-0.15, -0.1) is 10.2 Å². The Morgan fingerprint density at radius 2 is 2.19 bits per heavy atom. The van der Waals surface area contributed by atoms with Gasteiger partial charge in [-0.25, -0.2) is 0 Å². The predicted molar refractivity (Wildman–Crippen MR) is 62.7 cm³/mol. The molecule has 0 radical (unpaired) electrons. The van der Waals surface area contributed by atoms with Crippen molar-refractivity contribution in [3.8, 4) is 0 Å². The lowest BCUT2D eigenvalue weighted by Crippen LogP contribution is -2.06. The number of nitrogens with zero attached hydrogens (tertiary/aromatic N) is 3. The molecule has 0 fully saturated rings. The number of aromatic nitrogens is 3. The number of thioether (sulfide) groups is 1. The summed E-state index contributed by atoms with van der Waals surface area (Å²) in [6, 6.07) is 0. The van der Waals surface area contributed by atoms with Crippen molar-refractivity contribution >= 4 is 17.7 Å². The summed E-state index contributed by atoms with van der Waals surface area (Å²) in [5.41, 5.74) is 0. The first-order valence-electron chi connectivity index (χ1n) is 5.45. The molecule has 0 aliphatic heterocycles. The number of carbonyl (C=O) groups is 1. The lowest BCUT2D eigenvalue weighted by Gasteiger charge is -2.07. The molecule has 0 saturated carbocycles. The summed E-state index contributed by atoms with van der Waals surface area (Å²) in [5, 5.41) is 17.4. The molecular formula is C10H17N3O2S. The highest BCUT2D eigenvalue weighted by molar-refractivity contribution is 7.99. The molecule has 0 aliphatic rings. The number of aryl methyl sites for hydroxylation is 1. The Kier molecular flexibility index (Phi) is 5.31. The maximum atomic E-state index is 10.5. The van der Waals surface area contributed by atoms with E-state index >= 15 is 0 Å². The lowest BCUT2D eigenvalue weighted by molar-refractivity contribution is -0.133. The molecule has 5 nitrogen and oxygen atoms in total. The normalized spacial score (nSPS) is 10.6. The zero-order valence-corrected chi connectivity index (χ0v) is 10.5. The summed E-state index contributed by atoms with van der Waals surface area (Å²) in [6.45, 7) is 5.02. The summed E-state index contributed by atoms with van der Waals surface area (Å²) < 4.78 is 2.02. The van der Waals surface area contributed by atoms with Gasteiger partial charge in [-0.2, -0.15) is 0 Å². The zero-order valence-electron chi connectivity index (χ0n) is 9.64. The van der Waals surface area contributed by atoms with Crippen LogP contribution in [0.3, 0.4) is 0 Å². The lowest BCUT2D eigenvalue weighted by atomic mass is 10.3. The number of carboxylic acid groups (broad SMARTS) is 1. The Balaban J connectivity index is 2.73. The number of unbranched alkanes of at least 4 members (excludes halogenated alkanes) is 1. The highest BCUT2D eigenvalue weighted by Crippen LogP contribution is 2.17. The van der Waals surface area contributed by atoms with Gasteiger partial charge >= 0.3 is 5.97 Å². The van der Waals surface area contributed by atoms with E-state index in [0.29, 0.717) is 5.16 Å². The monoisotopic (exact) mass is 243 g/mol. The van der Waals surface area contributed by atoms with E-state index in [0.717, 1.165) is 31.6 Å². The van der Waals surface area contributed by atoms with E-state index < -0.39 is 5.97 Å². The minimum absolute atomic E-state index is 0.0357. The van der Waals surface area contributed by atoms with E-state index in [-0.39, 0.29) is 5.75 Å². The predicted octanol–water partition coefficient (Wildman–Crippen LogP) is 1.82. The molecule has 1 aromatic heterocycles. The van der Waals surface area contributed by atoms with Crippen LogP contribution in [0.5, 0.6) is 0 Å². The minimum atomic E-state index is -0.826. The molecule has 0 amide bonds. The van der Waals surface area contributed by atoms with Crippen LogP contribution in [-0.4, -0.2) is 31.6 Å². The van der Waals surface area contributed by atoms with Crippen LogP contribution < -0.4 is 0 Å². The third-order valence-corrected chi connectivity index (χ3v) is 3.12. The Morgan fingerprint density at radius 1 is 1.44 bits per heavy atom. The highest BCUT2D eigenvalue weighted by atomic mass is 32.2. The van der Waals surface area contributed by atoms with Crippen molar-refractivity contribution in [2.24, 2.45) is 0 Å². The fraction of sp³-hybridized carbons (Fsp3) is 0.700. The smallest absolute Gasteiger partial charge is 0.313 e. The Labute approximate surface area is 99.3 Å². The van der Waals surface area contributed by atoms with Crippen LogP contribution in [0.15, 0.2) is 5.16 Å². The van der Waals surface area contributed by atoms with Gasteiger partial charge in [0.25, 0.3) is 0 Å². The van der Waals surface area contributed by atoms with Gasteiger partial charge in [0.1, 0.15) is 5.82 Å². The number of rotatable bonds is 7. The fourth-order valence-electron chi connectivity index (χ4n) is 1.35. The Bertz CT molecular complexity index is 352. The summed E-state index contributed by atoms with van der Waals surface area (Å²) in [4.78, 5) is 10.5. The standard InChI is InChI=1S/C10H17N3O2S/c1-3-5-6-13-8(4-2)11-12-10(13)16-7-9(14)15/h3-7H2,1-2H3,(H,14,15). The average Bonchev–Trinajstić information content (AvgIpc) is 2.65. The molecule has 0 atom stereocenters. The van der Waals surface area contributed by atoms with Crippen LogP contribution in [0.4, 0.5) is 0 Å². The molecule has 0 spiro atoms. The number of hydrogen-bond acceptors (Lipinski definition) is 4. The van der Waals surface area contributed by atoms with E-state index in [1.165, 1.54) is 11.8 Å². The first-order valence-corrected chi connectivity index (χ1v) is 6.44. The van der Waals surface area contributed by atoms with E-state index in [4.69, 9.17) is 5.11 Å². The third kappa shape index (κ3) is 3.52. The summed E-state index contributed by atoms with van der Waals surface area (Å²) >= 11 is 1.23. The first kappa shape index (κ1) is 13.0. The SMILES string of the molecule is CCCCn1c(CC)nnc1SCC(=O)O. The second-order valence-corrected chi connectivity index (χ2v) is 4.38. The van der Waals surface area contributed by atoms with Crippen LogP contribution >= 0.6 is 11.8 Å². The molecule has 1 aromatic rings. The maximum Gasteiger partial charge on any atom is 0.313 e. The number of carboxylic acids is 1. The largest absolute Gasteiger partial charge is 0.481 e. The van der Waals surface area contributed by atoms with Crippen molar-refractivity contribution in [3.05, 3.63) is 5.82 Å². The molecule has 1 heterocycles. The van der Waals surface area contributed by atoms with Crippen LogP contribution in [0.25, 0.3) is 0 Å². The van der Waals surface area contributed by atoms with Gasteiger partial charge in [0.05, 0.1) is 5.75 Å². The van der Waals surface area contributed by atoms with Crippen LogP contribution in [0.1, 0.15) is 32.5 Å². The topological polar surface area (TPSA) is 68.0 Å². The van der Waals surface area contributed by atoms with Crippen molar-refractivity contribution in [1.82, 2.24) is 14.8 Å². The van der Waals surface area contributed by atoms with Gasteiger partial charge < -0.3 is 9.67 Å². The van der Waals surface area contributed by atoms with Gasteiger partial charge in [-0.1, -0.05) is 32.0 Å². The molecule has 0 bridgehead atoms. The first-order chi connectivity index (χ1) is 7.69. The Morgan fingerprint density at radius 3 is 2.75 bits per heavy atom. The fourth-order valence-corrected chi connectivity index (χ4v) is 2.06. The van der Waals surface area contributed by atoms with Crippen LogP contribution in [0.2, 0.25) is 0 Å². The third-order valence-electron chi connectivity index (χ3n) is 2.17. The molecule has 16 heavy (non-hydrogen) atoms. The molecule has 90 valence electrons. The summed E-state index contributed by atoms with van der Waals surface area (Å²) in [5.74, 6) is 0.142. The van der Waals surface area contributed by atoms with Gasteiger partial charge in [0.15, 0.2) is 5.16 Å². The van der Waals surface area contributed by atoms with Gasteiger partial charge in [-0.3, -0.25) is 4.79 Å². The van der Waals surface area contributed by atoms with E-state index in [9.17, 15) is 4.79 Å². The van der Waals surface area contributed by atoms with Crippen molar-refractivity contribution < 1.29 is 9.90 Å². The van der Waals surface area contributed by atoms with Crippen LogP contribution in [-0.2, 0) is 17.8 Å². The summed E-state index contributed by atoms with van der Waals surface area (Å²) in [6.07, 6.45) is 2.99. The average molecular weight is 243 g/mol. The second-order valence-electron chi connectivity index (χ2n) is 3.44. The maximum absolute atomic E-state index is 10.5. The summed E-state index contributed by atoms with van der Waals surface area (Å²) in [7, 11) is 0. The minimum Gasteiger partial charge on any atom is -0.481 e. The quantitative estimate of drug-likeness (QED) is 0.740. The highest BCUT2D eigenvalue weighted by Gasteiger charge is 2.11. The van der Waals surface area contributed by atoms with Crippen molar-refractivity contribution in [3.63, 3.8) is 0 Å². The van der Waals surface area contributed by atoms with E-state index in [1.54, 1.807) is 0 Å². The van der Waals surface area contributed by atoms with Gasteiger partial charge in [0.2, 0.25) is 0 Å². The Hall–Kier alpha value is -1.04. The molecule has 1 N–H and O–H groups in total. The van der Waals surface area contributed by atoms with Gasteiger partial charge in [-0.05, 0) is 6.42 Å². The van der Waals surface area contributed by atoms with Crippen molar-refractivity contribution in [1.29, 1.82) is 0 Å². The zero-order chi connectivity index (χ0) is 12.0. The molecular weight excluding hydrogens is 226 g/mol.